The van der Waals surface area contributed by atoms with Crippen LogP contribution in [0.25, 0.3) is 0 Å². The number of halogens is 3. The van der Waals surface area contributed by atoms with Crippen LogP contribution in [0.4, 0.5) is 19.0 Å². The van der Waals surface area contributed by atoms with Gasteiger partial charge in [0.1, 0.15) is 12.2 Å². The number of hydrogen-bond donors (Lipinski definition) is 1. The third kappa shape index (κ3) is 3.36. The molecule has 0 amide bonds. The van der Waals surface area contributed by atoms with Gasteiger partial charge in [-0.3, -0.25) is 4.68 Å². The van der Waals surface area contributed by atoms with Crippen molar-refractivity contribution in [2.45, 2.75) is 18.4 Å². The van der Waals surface area contributed by atoms with Gasteiger partial charge in [0.25, 0.3) is 0 Å². The van der Waals surface area contributed by atoms with Gasteiger partial charge in [-0.05, 0) is 12.1 Å². The monoisotopic (exact) mass is 329 g/mol. The smallest absolute Gasteiger partial charge is 0.435 e. The van der Waals surface area contributed by atoms with Crippen molar-refractivity contribution in [3.63, 3.8) is 0 Å². The highest BCUT2D eigenvalue weighted by Crippen LogP contribution is 2.28. The molecule has 23 heavy (non-hydrogen) atoms. The third-order valence-corrected chi connectivity index (χ3v) is 3.47. The van der Waals surface area contributed by atoms with E-state index in [1.165, 1.54) is 12.3 Å². The summed E-state index contributed by atoms with van der Waals surface area (Å²) in [6, 6.07) is 2.10. The molecule has 1 N–H and O–H groups in total. The van der Waals surface area contributed by atoms with Crippen LogP contribution in [0.1, 0.15) is 5.69 Å². The molecule has 3 rings (SSSR count). The molecular weight excluding hydrogens is 315 g/mol. The minimum Gasteiger partial charge on any atom is -0.482 e. The van der Waals surface area contributed by atoms with Gasteiger partial charge in [-0.1, -0.05) is 0 Å². The Morgan fingerprint density at radius 2 is 2.04 bits per heavy atom. The van der Waals surface area contributed by atoms with Gasteiger partial charge in [0.2, 0.25) is 0 Å². The maximum Gasteiger partial charge on any atom is 0.435 e. The van der Waals surface area contributed by atoms with Crippen molar-refractivity contribution < 1.29 is 23.0 Å². The minimum atomic E-state index is -4.53. The molecule has 10 heteroatoms. The van der Waals surface area contributed by atoms with Gasteiger partial charge >= 0.3 is 6.18 Å². The normalized spacial score (nSPS) is 21.7. The molecule has 0 aromatic carbocycles. The lowest BCUT2D eigenvalue weighted by atomic mass is 10.3. The standard InChI is InChI=1S/C13H14F3N5O2/c1-20-5-8(4-17-20)23-10-7-21(6-9(10)22)12-3-2-11(18-19-12)13(14,15)16/h2-5,9-10,22H,6-7H2,1H3/t9-,10-/m1/s1. The van der Waals surface area contributed by atoms with E-state index in [4.69, 9.17) is 4.74 Å². The van der Waals surface area contributed by atoms with Crippen LogP contribution in [0.15, 0.2) is 24.5 Å². The van der Waals surface area contributed by atoms with E-state index in [2.05, 4.69) is 15.3 Å². The third-order valence-electron chi connectivity index (χ3n) is 3.47. The molecule has 1 fully saturated rings. The summed E-state index contributed by atoms with van der Waals surface area (Å²) >= 11 is 0. The molecule has 2 aromatic rings. The van der Waals surface area contributed by atoms with Crippen LogP contribution < -0.4 is 9.64 Å². The second-order valence-corrected chi connectivity index (χ2v) is 5.25. The van der Waals surface area contributed by atoms with Crippen molar-refractivity contribution in [3.8, 4) is 5.75 Å². The first-order chi connectivity index (χ1) is 10.8. The minimum absolute atomic E-state index is 0.199. The molecular formula is C13H14F3N5O2. The number of aromatic nitrogens is 4. The number of rotatable bonds is 3. The Kier molecular flexibility index (Phi) is 3.84. The number of β-amino-alcohol motifs (C(OH)–C–C–N with tert-alkyl or cyclic N) is 1. The number of anilines is 1. The first kappa shape index (κ1) is 15.5. The number of aliphatic hydroxyl groups excluding tert-OH is 1. The molecule has 3 heterocycles. The average Bonchev–Trinajstić information content (AvgIpc) is 3.05. The fourth-order valence-corrected chi connectivity index (χ4v) is 2.34. The molecule has 0 aliphatic carbocycles. The zero-order valence-electron chi connectivity index (χ0n) is 12.1. The fraction of sp³-hybridized carbons (Fsp3) is 0.462. The van der Waals surface area contributed by atoms with E-state index in [0.29, 0.717) is 5.75 Å². The summed E-state index contributed by atoms with van der Waals surface area (Å²) in [7, 11) is 1.74. The molecule has 0 bridgehead atoms. The van der Waals surface area contributed by atoms with Crippen LogP contribution in [-0.2, 0) is 13.2 Å². The van der Waals surface area contributed by atoms with E-state index < -0.39 is 24.1 Å². The lowest BCUT2D eigenvalue weighted by Gasteiger charge is -2.17. The highest BCUT2D eigenvalue weighted by Gasteiger charge is 2.36. The number of aliphatic hydroxyl groups is 1. The van der Waals surface area contributed by atoms with Crippen molar-refractivity contribution in [2.24, 2.45) is 7.05 Å². The van der Waals surface area contributed by atoms with E-state index in [1.807, 2.05) is 0 Å². The Balaban J connectivity index is 1.68. The molecule has 1 aliphatic heterocycles. The maximum atomic E-state index is 12.5. The molecule has 0 saturated carbocycles. The predicted molar refractivity (Wildman–Crippen MR) is 72.9 cm³/mol. The SMILES string of the molecule is Cn1cc(O[C@@H]2CN(c3ccc(C(F)(F)F)nn3)C[C@H]2O)cn1. The number of nitrogens with zero attached hydrogens (tertiary/aromatic N) is 5. The van der Waals surface area contributed by atoms with Crippen LogP contribution in [0, 0.1) is 0 Å². The number of ether oxygens (including phenoxy) is 1. The predicted octanol–water partition coefficient (Wildman–Crippen LogP) is 0.857. The Morgan fingerprint density at radius 1 is 1.26 bits per heavy atom. The van der Waals surface area contributed by atoms with Crippen molar-refractivity contribution in [1.29, 1.82) is 0 Å². The van der Waals surface area contributed by atoms with Crippen LogP contribution in [-0.4, -0.2) is 50.4 Å². The maximum absolute atomic E-state index is 12.5. The fourth-order valence-electron chi connectivity index (χ4n) is 2.34. The first-order valence-electron chi connectivity index (χ1n) is 6.82. The Hall–Kier alpha value is -2.36. The quantitative estimate of drug-likeness (QED) is 0.900. The number of aryl methyl sites for hydroxylation is 1. The largest absolute Gasteiger partial charge is 0.482 e. The van der Waals surface area contributed by atoms with Gasteiger partial charge in [0.05, 0.1) is 18.9 Å². The zero-order valence-corrected chi connectivity index (χ0v) is 12.1. The van der Waals surface area contributed by atoms with E-state index in [0.717, 1.165) is 6.07 Å². The van der Waals surface area contributed by atoms with E-state index >= 15 is 0 Å². The molecule has 1 saturated heterocycles. The highest BCUT2D eigenvalue weighted by atomic mass is 19.4. The molecule has 0 radical (unpaired) electrons. The lowest BCUT2D eigenvalue weighted by Crippen LogP contribution is -2.29. The van der Waals surface area contributed by atoms with Crippen LogP contribution in [0.5, 0.6) is 5.75 Å². The Bertz CT molecular complexity index is 673. The van der Waals surface area contributed by atoms with Crippen LogP contribution in [0.2, 0.25) is 0 Å². The number of hydrogen-bond acceptors (Lipinski definition) is 6. The van der Waals surface area contributed by atoms with E-state index in [9.17, 15) is 18.3 Å². The Labute approximate surface area is 129 Å². The van der Waals surface area contributed by atoms with E-state index in [-0.39, 0.29) is 18.9 Å². The molecule has 0 spiro atoms. The molecule has 124 valence electrons. The zero-order chi connectivity index (χ0) is 16.6. The van der Waals surface area contributed by atoms with Gasteiger partial charge in [-0.15, -0.1) is 10.2 Å². The molecule has 2 aromatic heterocycles. The molecule has 0 unspecified atom stereocenters. The summed E-state index contributed by atoms with van der Waals surface area (Å²) in [4.78, 5) is 1.62. The van der Waals surface area contributed by atoms with Crippen molar-refractivity contribution in [3.05, 3.63) is 30.2 Å². The van der Waals surface area contributed by atoms with Crippen LogP contribution >= 0.6 is 0 Å². The van der Waals surface area contributed by atoms with Gasteiger partial charge in [-0.2, -0.15) is 18.3 Å². The summed E-state index contributed by atoms with van der Waals surface area (Å²) in [5, 5.41) is 20.8. The highest BCUT2D eigenvalue weighted by molar-refractivity contribution is 5.40. The van der Waals surface area contributed by atoms with Gasteiger partial charge in [0.15, 0.2) is 17.3 Å². The Morgan fingerprint density at radius 3 is 2.61 bits per heavy atom. The first-order valence-corrected chi connectivity index (χ1v) is 6.82. The van der Waals surface area contributed by atoms with E-state index in [1.54, 1.807) is 22.8 Å². The summed E-state index contributed by atoms with van der Waals surface area (Å²) in [6.45, 7) is 0.487. The van der Waals surface area contributed by atoms with Crippen molar-refractivity contribution in [1.82, 2.24) is 20.0 Å². The van der Waals surface area contributed by atoms with Gasteiger partial charge in [-0.25, -0.2) is 0 Å². The second kappa shape index (κ2) is 5.69. The molecule has 2 atom stereocenters. The van der Waals surface area contributed by atoms with Gasteiger partial charge in [0, 0.05) is 13.6 Å². The van der Waals surface area contributed by atoms with Crippen molar-refractivity contribution >= 4 is 5.82 Å². The summed E-state index contributed by atoms with van der Waals surface area (Å²) in [5.74, 6) is 0.770. The summed E-state index contributed by atoms with van der Waals surface area (Å²) in [5.41, 5.74) is -1.05. The van der Waals surface area contributed by atoms with Crippen LogP contribution in [0.3, 0.4) is 0 Å². The lowest BCUT2D eigenvalue weighted by molar-refractivity contribution is -0.141. The van der Waals surface area contributed by atoms with Gasteiger partial charge < -0.3 is 14.7 Å². The summed E-state index contributed by atoms with van der Waals surface area (Å²) in [6.07, 6.45) is -2.66. The second-order valence-electron chi connectivity index (χ2n) is 5.25. The topological polar surface area (TPSA) is 76.3 Å². The van der Waals surface area contributed by atoms with Crippen molar-refractivity contribution in [2.75, 3.05) is 18.0 Å². The molecule has 7 nitrogen and oxygen atoms in total. The summed E-state index contributed by atoms with van der Waals surface area (Å²) < 4.78 is 44.6. The number of alkyl halides is 3. The molecule has 1 aliphatic rings. The average molecular weight is 329 g/mol.